The molecule has 52 valence electrons. The molecular formula is C8H10N2. The second-order valence-corrected chi connectivity index (χ2v) is 2.41. The first-order valence-electron chi connectivity index (χ1n) is 3.26. The van der Waals surface area contributed by atoms with Crippen LogP contribution in [0.4, 0.5) is 0 Å². The Hall–Kier alpha value is -1.23. The molecule has 0 saturated heterocycles. The van der Waals surface area contributed by atoms with Gasteiger partial charge in [-0.1, -0.05) is 0 Å². The molecule has 0 aliphatic heterocycles. The molecule has 10 heavy (non-hydrogen) atoms. The fraction of sp³-hybridized carbons (Fsp3) is 0.375. The lowest BCUT2D eigenvalue weighted by atomic mass is 10.1. The van der Waals surface area contributed by atoms with Crippen LogP contribution in [0, 0.1) is 25.2 Å². The topological polar surface area (TPSA) is 39.6 Å². The zero-order valence-electron chi connectivity index (χ0n) is 6.23. The van der Waals surface area contributed by atoms with Crippen LogP contribution in [0.25, 0.3) is 0 Å². The van der Waals surface area contributed by atoms with Crippen LogP contribution in [0.1, 0.15) is 16.8 Å². The summed E-state index contributed by atoms with van der Waals surface area (Å²) in [6.07, 6.45) is 2.42. The van der Waals surface area contributed by atoms with Crippen LogP contribution in [0.2, 0.25) is 0 Å². The molecule has 1 aromatic rings. The molecule has 1 heterocycles. The largest absolute Gasteiger partial charge is 0.364 e. The van der Waals surface area contributed by atoms with Crippen LogP contribution in [0.15, 0.2) is 6.20 Å². The Bertz CT molecular complexity index is 265. The van der Waals surface area contributed by atoms with Gasteiger partial charge in [0.15, 0.2) is 0 Å². The number of hydrogen-bond donors (Lipinski definition) is 1. The first-order chi connectivity index (χ1) is 4.75. The summed E-state index contributed by atoms with van der Waals surface area (Å²) < 4.78 is 0. The van der Waals surface area contributed by atoms with Gasteiger partial charge in [0.2, 0.25) is 0 Å². The Kier molecular flexibility index (Phi) is 1.77. The van der Waals surface area contributed by atoms with Crippen LogP contribution in [-0.2, 0) is 6.42 Å². The van der Waals surface area contributed by atoms with Crippen molar-refractivity contribution in [2.24, 2.45) is 0 Å². The van der Waals surface area contributed by atoms with E-state index in [1.807, 2.05) is 20.0 Å². The van der Waals surface area contributed by atoms with Crippen LogP contribution >= 0.6 is 0 Å². The first-order valence-corrected chi connectivity index (χ1v) is 3.26. The van der Waals surface area contributed by atoms with Gasteiger partial charge in [-0.3, -0.25) is 0 Å². The summed E-state index contributed by atoms with van der Waals surface area (Å²) in [5.41, 5.74) is 3.48. The molecule has 1 rings (SSSR count). The third-order valence-electron chi connectivity index (χ3n) is 1.76. The predicted molar refractivity (Wildman–Crippen MR) is 39.6 cm³/mol. The van der Waals surface area contributed by atoms with Gasteiger partial charge >= 0.3 is 0 Å². The number of hydrogen-bond acceptors (Lipinski definition) is 1. The molecular weight excluding hydrogens is 124 g/mol. The third kappa shape index (κ3) is 1.03. The van der Waals surface area contributed by atoms with E-state index in [1.54, 1.807) is 0 Å². The number of nitrogens with one attached hydrogen (secondary N) is 1. The molecule has 0 aromatic carbocycles. The number of H-pyrrole nitrogens is 1. The van der Waals surface area contributed by atoms with Crippen LogP contribution < -0.4 is 0 Å². The molecule has 1 N–H and O–H groups in total. The van der Waals surface area contributed by atoms with Gasteiger partial charge in [0.1, 0.15) is 0 Å². The second kappa shape index (κ2) is 2.57. The molecule has 0 aliphatic carbocycles. The number of aromatic amines is 1. The molecule has 2 heteroatoms. The quantitative estimate of drug-likeness (QED) is 0.623. The maximum absolute atomic E-state index is 8.38. The van der Waals surface area contributed by atoms with Gasteiger partial charge in [-0.05, 0) is 25.0 Å². The lowest BCUT2D eigenvalue weighted by molar-refractivity contribution is 1.13. The highest BCUT2D eigenvalue weighted by Gasteiger charge is 2.00. The zero-order chi connectivity index (χ0) is 7.56. The van der Waals surface area contributed by atoms with Crippen molar-refractivity contribution in [1.82, 2.24) is 4.98 Å². The van der Waals surface area contributed by atoms with Gasteiger partial charge in [-0.15, -0.1) is 0 Å². The Morgan fingerprint density at radius 1 is 1.60 bits per heavy atom. The summed E-state index contributed by atoms with van der Waals surface area (Å²) in [5.74, 6) is 0. The third-order valence-corrected chi connectivity index (χ3v) is 1.76. The van der Waals surface area contributed by atoms with Crippen molar-refractivity contribution in [2.45, 2.75) is 20.3 Å². The molecule has 2 nitrogen and oxygen atoms in total. The second-order valence-electron chi connectivity index (χ2n) is 2.41. The van der Waals surface area contributed by atoms with E-state index in [0.29, 0.717) is 6.42 Å². The molecule has 0 bridgehead atoms. The Balaban J connectivity index is 2.96. The van der Waals surface area contributed by atoms with Crippen molar-refractivity contribution < 1.29 is 0 Å². The number of aryl methyl sites for hydroxylation is 1. The average molecular weight is 134 g/mol. The number of aromatic nitrogens is 1. The van der Waals surface area contributed by atoms with E-state index >= 15 is 0 Å². The molecule has 1 aromatic heterocycles. The van der Waals surface area contributed by atoms with E-state index in [9.17, 15) is 0 Å². The van der Waals surface area contributed by atoms with Gasteiger partial charge in [0.05, 0.1) is 12.5 Å². The van der Waals surface area contributed by atoms with E-state index in [4.69, 9.17) is 5.26 Å². The van der Waals surface area contributed by atoms with E-state index in [1.165, 1.54) is 11.1 Å². The van der Waals surface area contributed by atoms with E-state index in [2.05, 4.69) is 11.1 Å². The molecule has 0 atom stereocenters. The normalized spacial score (nSPS) is 9.30. The molecule has 0 fully saturated rings. The first kappa shape index (κ1) is 6.88. The lowest BCUT2D eigenvalue weighted by Gasteiger charge is -1.90. The summed E-state index contributed by atoms with van der Waals surface area (Å²) in [5, 5.41) is 8.38. The maximum atomic E-state index is 8.38. The summed E-state index contributed by atoms with van der Waals surface area (Å²) in [6, 6.07) is 2.11. The van der Waals surface area contributed by atoms with Crippen molar-refractivity contribution in [3.8, 4) is 6.07 Å². The summed E-state index contributed by atoms with van der Waals surface area (Å²) in [7, 11) is 0. The highest BCUT2D eigenvalue weighted by molar-refractivity contribution is 5.29. The Morgan fingerprint density at radius 2 is 2.30 bits per heavy atom. The molecule has 0 radical (unpaired) electrons. The lowest BCUT2D eigenvalue weighted by Crippen LogP contribution is -1.83. The van der Waals surface area contributed by atoms with Crippen molar-refractivity contribution in [1.29, 1.82) is 5.26 Å². The fourth-order valence-corrected chi connectivity index (χ4v) is 0.913. The van der Waals surface area contributed by atoms with Crippen LogP contribution in [-0.4, -0.2) is 4.98 Å². The van der Waals surface area contributed by atoms with Gasteiger partial charge in [0.25, 0.3) is 0 Å². The minimum absolute atomic E-state index is 0.486. The SMILES string of the molecule is Cc1c[nH]c(CC#N)c1C. The van der Waals surface area contributed by atoms with Crippen molar-refractivity contribution in [3.63, 3.8) is 0 Å². The van der Waals surface area contributed by atoms with Crippen LogP contribution in [0.5, 0.6) is 0 Å². The van der Waals surface area contributed by atoms with Gasteiger partial charge in [0, 0.05) is 11.9 Å². The predicted octanol–water partition coefficient (Wildman–Crippen LogP) is 1.70. The van der Waals surface area contributed by atoms with Crippen LogP contribution in [0.3, 0.4) is 0 Å². The highest BCUT2D eigenvalue weighted by Crippen LogP contribution is 2.10. The molecule has 0 amide bonds. The molecule has 0 unspecified atom stereocenters. The Morgan fingerprint density at radius 3 is 2.70 bits per heavy atom. The smallest absolute Gasteiger partial charge is 0.0755 e. The van der Waals surface area contributed by atoms with E-state index in [0.717, 1.165) is 5.69 Å². The minimum atomic E-state index is 0.486. The van der Waals surface area contributed by atoms with Gasteiger partial charge < -0.3 is 4.98 Å². The Labute approximate surface area is 60.5 Å². The monoisotopic (exact) mass is 134 g/mol. The van der Waals surface area contributed by atoms with Gasteiger partial charge in [-0.25, -0.2) is 0 Å². The zero-order valence-corrected chi connectivity index (χ0v) is 6.23. The standard InChI is InChI=1S/C8H10N2/c1-6-5-10-8(3-4-9)7(6)2/h5,10H,3H2,1-2H3. The van der Waals surface area contributed by atoms with Crippen molar-refractivity contribution >= 4 is 0 Å². The number of rotatable bonds is 1. The number of nitriles is 1. The number of nitrogens with zero attached hydrogens (tertiary/aromatic N) is 1. The maximum Gasteiger partial charge on any atom is 0.0755 e. The van der Waals surface area contributed by atoms with Crippen molar-refractivity contribution in [3.05, 3.63) is 23.0 Å². The summed E-state index contributed by atoms with van der Waals surface area (Å²) in [4.78, 5) is 3.05. The van der Waals surface area contributed by atoms with E-state index in [-0.39, 0.29) is 0 Å². The average Bonchev–Trinajstić information content (AvgIpc) is 2.20. The summed E-state index contributed by atoms with van der Waals surface area (Å²) in [6.45, 7) is 4.06. The summed E-state index contributed by atoms with van der Waals surface area (Å²) >= 11 is 0. The fourth-order valence-electron chi connectivity index (χ4n) is 0.913. The van der Waals surface area contributed by atoms with Crippen molar-refractivity contribution in [2.75, 3.05) is 0 Å². The molecule has 0 aliphatic rings. The molecule has 0 saturated carbocycles. The molecule has 0 spiro atoms. The van der Waals surface area contributed by atoms with Gasteiger partial charge in [-0.2, -0.15) is 5.26 Å². The minimum Gasteiger partial charge on any atom is -0.364 e. The highest BCUT2D eigenvalue weighted by atomic mass is 14.7. The van der Waals surface area contributed by atoms with E-state index < -0.39 is 0 Å².